The zero-order chi connectivity index (χ0) is 19.2. The lowest BCUT2D eigenvalue weighted by Gasteiger charge is -2.07. The summed E-state index contributed by atoms with van der Waals surface area (Å²) in [6.07, 6.45) is 0.747. The highest BCUT2D eigenvalue weighted by atomic mass is 19.4. The van der Waals surface area contributed by atoms with E-state index in [0.29, 0.717) is 5.56 Å². The van der Waals surface area contributed by atoms with Gasteiger partial charge in [-0.05, 0) is 41.7 Å². The number of rotatable bonds is 6. The maximum Gasteiger partial charge on any atom is 0.458 e. The summed E-state index contributed by atoms with van der Waals surface area (Å²) < 4.78 is 64.3. The Morgan fingerprint density at radius 2 is 1.46 bits per heavy atom. The van der Waals surface area contributed by atoms with Crippen LogP contribution in [-0.4, -0.2) is 6.18 Å². The molecule has 0 atom stereocenters. The highest BCUT2D eigenvalue weighted by Gasteiger charge is 2.23. The second-order valence-electron chi connectivity index (χ2n) is 6.07. The van der Waals surface area contributed by atoms with Crippen molar-refractivity contribution in [3.8, 4) is 23.0 Å². The van der Waals surface area contributed by atoms with Crippen LogP contribution >= 0.6 is 0 Å². The molecule has 0 saturated heterocycles. The van der Waals surface area contributed by atoms with Crippen LogP contribution in [0.25, 0.3) is 11.1 Å². The van der Waals surface area contributed by atoms with Crippen LogP contribution in [-0.2, 0) is 6.42 Å². The van der Waals surface area contributed by atoms with Gasteiger partial charge in [-0.3, -0.25) is 0 Å². The lowest BCUT2D eigenvalue weighted by molar-refractivity contribution is -0.0696. The molecule has 2 aromatic rings. The van der Waals surface area contributed by atoms with Gasteiger partial charge in [0.15, 0.2) is 0 Å². The van der Waals surface area contributed by atoms with E-state index in [-0.39, 0.29) is 5.56 Å². The van der Waals surface area contributed by atoms with Gasteiger partial charge >= 0.3 is 6.18 Å². The smallest absolute Gasteiger partial charge is 0.205 e. The SMILES string of the molecule is CCCCCCc1ccc(-c2cc(F)c(C#CC(F)(F)F)c(F)c2)cc1. The molecule has 5 heteroatoms. The number of aryl methyl sites for hydroxylation is 1. The van der Waals surface area contributed by atoms with Crippen LogP contribution in [0.15, 0.2) is 36.4 Å². The van der Waals surface area contributed by atoms with Gasteiger partial charge in [-0.2, -0.15) is 13.2 Å². The highest BCUT2D eigenvalue weighted by Crippen LogP contribution is 2.25. The lowest BCUT2D eigenvalue weighted by Crippen LogP contribution is -2.02. The Kier molecular flexibility index (Phi) is 6.79. The zero-order valence-electron chi connectivity index (χ0n) is 14.4. The molecule has 0 aliphatic carbocycles. The molecule has 0 N–H and O–H groups in total. The van der Waals surface area contributed by atoms with Crippen LogP contribution in [0, 0.1) is 23.5 Å². The van der Waals surface area contributed by atoms with Crippen molar-refractivity contribution in [2.75, 3.05) is 0 Å². The quantitative estimate of drug-likeness (QED) is 0.304. The van der Waals surface area contributed by atoms with Gasteiger partial charge in [-0.1, -0.05) is 56.4 Å². The predicted octanol–water partition coefficient (Wildman–Crippen LogP) is 6.67. The molecule has 0 aromatic heterocycles. The Bertz CT molecular complexity index is 769. The first-order chi connectivity index (χ1) is 12.3. The minimum Gasteiger partial charge on any atom is -0.205 e. The van der Waals surface area contributed by atoms with Crippen molar-refractivity contribution >= 4 is 0 Å². The average Bonchev–Trinajstić information content (AvgIpc) is 2.57. The zero-order valence-corrected chi connectivity index (χ0v) is 14.4. The van der Waals surface area contributed by atoms with Crippen molar-refractivity contribution in [2.45, 2.75) is 45.2 Å². The van der Waals surface area contributed by atoms with Crippen molar-refractivity contribution in [1.82, 2.24) is 0 Å². The van der Waals surface area contributed by atoms with Crippen molar-refractivity contribution in [3.63, 3.8) is 0 Å². The summed E-state index contributed by atoms with van der Waals surface area (Å²) in [7, 11) is 0. The number of benzene rings is 2. The van der Waals surface area contributed by atoms with E-state index in [0.717, 1.165) is 42.9 Å². The van der Waals surface area contributed by atoms with E-state index in [1.54, 1.807) is 12.1 Å². The molecule has 0 fully saturated rings. The summed E-state index contributed by atoms with van der Waals surface area (Å²) >= 11 is 0. The summed E-state index contributed by atoms with van der Waals surface area (Å²) in [6, 6.07) is 9.30. The van der Waals surface area contributed by atoms with Gasteiger partial charge in [0.25, 0.3) is 0 Å². The number of alkyl halides is 3. The fourth-order valence-corrected chi connectivity index (χ4v) is 2.61. The van der Waals surface area contributed by atoms with Gasteiger partial charge in [-0.15, -0.1) is 0 Å². The van der Waals surface area contributed by atoms with Crippen LogP contribution in [0.4, 0.5) is 22.0 Å². The fraction of sp³-hybridized carbons (Fsp3) is 0.333. The lowest BCUT2D eigenvalue weighted by atomic mass is 9.99. The van der Waals surface area contributed by atoms with Crippen molar-refractivity contribution < 1.29 is 22.0 Å². The van der Waals surface area contributed by atoms with Gasteiger partial charge in [0, 0.05) is 5.92 Å². The minimum absolute atomic E-state index is 0.259. The second kappa shape index (κ2) is 8.84. The van der Waals surface area contributed by atoms with Gasteiger partial charge in [0.1, 0.15) is 11.6 Å². The predicted molar refractivity (Wildman–Crippen MR) is 92.6 cm³/mol. The first-order valence-corrected chi connectivity index (χ1v) is 8.48. The van der Waals surface area contributed by atoms with Crippen molar-refractivity contribution in [1.29, 1.82) is 0 Å². The first kappa shape index (κ1) is 20.0. The molecule has 0 radical (unpaired) electrons. The Hall–Kier alpha value is -2.35. The number of halogens is 5. The van der Waals surface area contributed by atoms with E-state index in [2.05, 4.69) is 6.92 Å². The monoisotopic (exact) mass is 366 g/mol. The van der Waals surface area contributed by atoms with Crippen LogP contribution in [0.3, 0.4) is 0 Å². The molecule has 0 saturated carbocycles. The molecule has 0 unspecified atom stereocenters. The van der Waals surface area contributed by atoms with Crippen molar-refractivity contribution in [3.05, 3.63) is 59.2 Å². The molecule has 2 aromatic carbocycles. The van der Waals surface area contributed by atoms with Gasteiger partial charge in [0.2, 0.25) is 0 Å². The molecule has 2 rings (SSSR count). The van der Waals surface area contributed by atoms with E-state index >= 15 is 0 Å². The van der Waals surface area contributed by atoms with Crippen LogP contribution in [0.2, 0.25) is 0 Å². The first-order valence-electron chi connectivity index (χ1n) is 8.48. The molecular weight excluding hydrogens is 347 g/mol. The van der Waals surface area contributed by atoms with Gasteiger partial charge in [-0.25, -0.2) is 8.78 Å². The molecule has 0 aliphatic rings. The number of unbranched alkanes of at least 4 members (excludes halogenated alkanes) is 3. The van der Waals surface area contributed by atoms with Gasteiger partial charge in [0.05, 0.1) is 5.56 Å². The molecule has 0 spiro atoms. The Morgan fingerprint density at radius 1 is 0.846 bits per heavy atom. The van der Waals surface area contributed by atoms with Crippen LogP contribution in [0.5, 0.6) is 0 Å². The van der Waals surface area contributed by atoms with Crippen LogP contribution in [0.1, 0.15) is 43.7 Å². The number of hydrogen-bond donors (Lipinski definition) is 0. The van der Waals surface area contributed by atoms with E-state index in [1.165, 1.54) is 18.8 Å². The summed E-state index contributed by atoms with van der Waals surface area (Å²) in [4.78, 5) is 0. The van der Waals surface area contributed by atoms with E-state index < -0.39 is 23.4 Å². The van der Waals surface area contributed by atoms with E-state index in [4.69, 9.17) is 0 Å². The third-order valence-corrected chi connectivity index (χ3v) is 3.98. The van der Waals surface area contributed by atoms with E-state index in [1.807, 2.05) is 12.1 Å². The Balaban J connectivity index is 2.17. The normalized spacial score (nSPS) is 11.2. The second-order valence-corrected chi connectivity index (χ2v) is 6.07. The molecule has 0 heterocycles. The van der Waals surface area contributed by atoms with E-state index in [9.17, 15) is 22.0 Å². The summed E-state index contributed by atoms with van der Waals surface area (Å²) in [5, 5.41) is 0. The fourth-order valence-electron chi connectivity index (χ4n) is 2.61. The third-order valence-electron chi connectivity index (χ3n) is 3.98. The van der Waals surface area contributed by atoms with Crippen molar-refractivity contribution in [2.24, 2.45) is 0 Å². The van der Waals surface area contributed by atoms with Gasteiger partial charge < -0.3 is 0 Å². The topological polar surface area (TPSA) is 0 Å². The number of hydrogen-bond acceptors (Lipinski definition) is 0. The minimum atomic E-state index is -4.80. The molecule has 0 nitrogen and oxygen atoms in total. The summed E-state index contributed by atoms with van der Waals surface area (Å²) in [5.41, 5.74) is 1.11. The maximum atomic E-state index is 14.0. The summed E-state index contributed by atoms with van der Waals surface area (Å²) in [5.74, 6) is 0.181. The molecule has 0 bridgehead atoms. The standard InChI is InChI=1S/C21H19F5/c1-2-3-4-5-6-15-7-9-16(10-8-15)17-13-19(22)18(20(23)14-17)11-12-21(24,25)26/h7-10,13-14H,2-6H2,1H3. The molecule has 138 valence electrons. The van der Waals surface area contributed by atoms with Crippen LogP contribution < -0.4 is 0 Å². The molecular formula is C21H19F5. The maximum absolute atomic E-state index is 14.0. The summed E-state index contributed by atoms with van der Waals surface area (Å²) in [6.45, 7) is 2.15. The Morgan fingerprint density at radius 3 is 2.00 bits per heavy atom. The molecule has 0 aliphatic heterocycles. The third kappa shape index (κ3) is 5.87. The molecule has 26 heavy (non-hydrogen) atoms. The Labute approximate surface area is 150 Å². The molecule has 0 amide bonds. The largest absolute Gasteiger partial charge is 0.458 e. The highest BCUT2D eigenvalue weighted by molar-refractivity contribution is 5.65. The average molecular weight is 366 g/mol.